The number of hydrogen-bond acceptors (Lipinski definition) is 5. The van der Waals surface area contributed by atoms with Crippen molar-refractivity contribution in [2.45, 2.75) is 45.1 Å². The lowest BCUT2D eigenvalue weighted by atomic mass is 9.92. The van der Waals surface area contributed by atoms with Gasteiger partial charge in [-0.05, 0) is 12.8 Å². The van der Waals surface area contributed by atoms with Crippen molar-refractivity contribution in [2.24, 2.45) is 5.92 Å². The Morgan fingerprint density at radius 3 is 2.68 bits per heavy atom. The number of carboxylic acid groups (broad SMARTS) is 1. The molecular weight excluding hydrogens is 288 g/mol. The molecule has 0 aliphatic carbocycles. The third kappa shape index (κ3) is 3.85. The first-order valence-electron chi connectivity index (χ1n) is 7.37. The summed E-state index contributed by atoms with van der Waals surface area (Å²) >= 11 is 0. The van der Waals surface area contributed by atoms with E-state index in [-0.39, 0.29) is 17.0 Å². The number of carbonyl (C=O) groups excluding carboxylic acids is 1. The van der Waals surface area contributed by atoms with Gasteiger partial charge in [0.05, 0.1) is 6.61 Å². The Morgan fingerprint density at radius 1 is 1.45 bits per heavy atom. The Labute approximate surface area is 129 Å². The number of nitrogens with one attached hydrogen (secondary N) is 1. The summed E-state index contributed by atoms with van der Waals surface area (Å²) in [5.41, 5.74) is -0.178. The molecule has 2 atom stereocenters. The Bertz CT molecular complexity index is 540. The Kier molecular flexibility index (Phi) is 4.85. The number of carbonyl (C=O) groups is 2. The molecule has 0 radical (unpaired) electrons. The van der Waals surface area contributed by atoms with Crippen LogP contribution < -0.4 is 5.32 Å². The van der Waals surface area contributed by atoms with Crippen LogP contribution in [0.15, 0.2) is 10.6 Å². The maximum Gasteiger partial charge on any atom is 0.326 e. The van der Waals surface area contributed by atoms with Crippen LogP contribution in [-0.4, -0.2) is 41.4 Å². The zero-order chi connectivity index (χ0) is 16.3. The van der Waals surface area contributed by atoms with Crippen LogP contribution in [0.3, 0.4) is 0 Å². The lowest BCUT2D eigenvalue weighted by Crippen LogP contribution is -2.48. The van der Waals surface area contributed by atoms with Gasteiger partial charge in [-0.15, -0.1) is 0 Å². The number of nitrogens with zero attached hydrogens (tertiary/aromatic N) is 1. The average molecular weight is 310 g/mol. The summed E-state index contributed by atoms with van der Waals surface area (Å²) in [6, 6.07) is 0.564. The molecule has 1 aliphatic rings. The number of carboxylic acids is 1. The molecule has 1 saturated heterocycles. The van der Waals surface area contributed by atoms with Crippen molar-refractivity contribution in [1.29, 1.82) is 0 Å². The maximum absolute atomic E-state index is 12.2. The average Bonchev–Trinajstić information content (AvgIpc) is 2.95. The van der Waals surface area contributed by atoms with Gasteiger partial charge in [0, 0.05) is 24.0 Å². The third-order valence-corrected chi connectivity index (χ3v) is 3.70. The van der Waals surface area contributed by atoms with Crippen molar-refractivity contribution in [2.75, 3.05) is 13.2 Å². The highest BCUT2D eigenvalue weighted by molar-refractivity contribution is 5.95. The van der Waals surface area contributed by atoms with Crippen molar-refractivity contribution in [1.82, 2.24) is 10.5 Å². The van der Waals surface area contributed by atoms with Crippen LogP contribution in [0.25, 0.3) is 0 Å². The first-order chi connectivity index (χ1) is 10.3. The molecular formula is C15H22N2O5. The molecule has 0 saturated carbocycles. The van der Waals surface area contributed by atoms with E-state index in [1.165, 1.54) is 0 Å². The second-order valence-electron chi connectivity index (χ2n) is 6.59. The molecule has 2 heterocycles. The van der Waals surface area contributed by atoms with Crippen molar-refractivity contribution in [3.8, 4) is 0 Å². The fourth-order valence-electron chi connectivity index (χ4n) is 2.36. The zero-order valence-corrected chi connectivity index (χ0v) is 13.1. The molecule has 0 aromatic carbocycles. The van der Waals surface area contributed by atoms with Gasteiger partial charge in [-0.1, -0.05) is 25.9 Å². The van der Waals surface area contributed by atoms with Crippen molar-refractivity contribution in [3.63, 3.8) is 0 Å². The summed E-state index contributed by atoms with van der Waals surface area (Å²) < 4.78 is 10.5. The lowest BCUT2D eigenvalue weighted by molar-refractivity contribution is -0.142. The predicted octanol–water partition coefficient (Wildman–Crippen LogP) is 1.58. The third-order valence-electron chi connectivity index (χ3n) is 3.70. The summed E-state index contributed by atoms with van der Waals surface area (Å²) in [5.74, 6) is -1.27. The smallest absolute Gasteiger partial charge is 0.326 e. The van der Waals surface area contributed by atoms with E-state index in [9.17, 15) is 14.7 Å². The van der Waals surface area contributed by atoms with Gasteiger partial charge < -0.3 is 19.7 Å². The van der Waals surface area contributed by atoms with Crippen LogP contribution in [0.5, 0.6) is 0 Å². The molecule has 2 unspecified atom stereocenters. The number of ether oxygens (including phenoxy) is 1. The van der Waals surface area contributed by atoms with Gasteiger partial charge in [0.2, 0.25) is 0 Å². The highest BCUT2D eigenvalue weighted by Crippen LogP contribution is 2.23. The monoisotopic (exact) mass is 310 g/mol. The topological polar surface area (TPSA) is 102 Å². The number of aliphatic carboxylic acids is 1. The SMILES string of the molecule is CC(C)(C)c1cc(C(=O)NC(C(=O)O)C2CCCOC2)no1. The summed E-state index contributed by atoms with van der Waals surface area (Å²) in [7, 11) is 0. The second-order valence-corrected chi connectivity index (χ2v) is 6.59. The Balaban J connectivity index is 2.07. The summed E-state index contributed by atoms with van der Waals surface area (Å²) in [6.07, 6.45) is 1.51. The summed E-state index contributed by atoms with van der Waals surface area (Å²) in [5, 5.41) is 15.6. The van der Waals surface area contributed by atoms with E-state index in [1.807, 2.05) is 20.8 Å². The number of aromatic nitrogens is 1. The van der Waals surface area contributed by atoms with Crippen LogP contribution in [-0.2, 0) is 14.9 Å². The first-order valence-corrected chi connectivity index (χ1v) is 7.37. The van der Waals surface area contributed by atoms with E-state index < -0.39 is 17.9 Å². The Hall–Kier alpha value is -1.89. The maximum atomic E-state index is 12.2. The summed E-state index contributed by atoms with van der Waals surface area (Å²) in [4.78, 5) is 23.6. The molecule has 7 nitrogen and oxygen atoms in total. The van der Waals surface area contributed by atoms with E-state index >= 15 is 0 Å². The van der Waals surface area contributed by atoms with Gasteiger partial charge in [-0.3, -0.25) is 4.79 Å². The molecule has 1 aromatic rings. The normalized spacial score (nSPS) is 20.4. The van der Waals surface area contributed by atoms with Gasteiger partial charge in [-0.25, -0.2) is 4.79 Å². The van der Waals surface area contributed by atoms with Gasteiger partial charge in [0.1, 0.15) is 11.8 Å². The molecule has 1 fully saturated rings. The number of rotatable bonds is 4. The predicted molar refractivity (Wildman–Crippen MR) is 77.6 cm³/mol. The standard InChI is InChI=1S/C15H22N2O5/c1-15(2,3)11-7-10(17-22-11)13(18)16-12(14(19)20)9-5-4-6-21-8-9/h7,9,12H,4-6,8H2,1-3H3,(H,16,18)(H,19,20). The fraction of sp³-hybridized carbons (Fsp3) is 0.667. The van der Waals surface area contributed by atoms with E-state index in [4.69, 9.17) is 9.26 Å². The van der Waals surface area contributed by atoms with Crippen molar-refractivity contribution in [3.05, 3.63) is 17.5 Å². The molecule has 1 aromatic heterocycles. The van der Waals surface area contributed by atoms with Crippen LogP contribution in [0.2, 0.25) is 0 Å². The number of hydrogen-bond donors (Lipinski definition) is 2. The molecule has 2 rings (SSSR count). The largest absolute Gasteiger partial charge is 0.480 e. The van der Waals surface area contributed by atoms with E-state index in [2.05, 4.69) is 10.5 Å². The molecule has 0 spiro atoms. The summed E-state index contributed by atoms with van der Waals surface area (Å²) in [6.45, 7) is 6.79. The molecule has 0 bridgehead atoms. The molecule has 1 amide bonds. The fourth-order valence-corrected chi connectivity index (χ4v) is 2.36. The lowest BCUT2D eigenvalue weighted by Gasteiger charge is -2.27. The molecule has 7 heteroatoms. The van der Waals surface area contributed by atoms with Gasteiger partial charge in [-0.2, -0.15) is 0 Å². The van der Waals surface area contributed by atoms with Crippen LogP contribution in [0.1, 0.15) is 49.9 Å². The van der Waals surface area contributed by atoms with E-state index in [1.54, 1.807) is 6.07 Å². The van der Waals surface area contributed by atoms with Gasteiger partial charge in [0.15, 0.2) is 5.69 Å². The highest BCUT2D eigenvalue weighted by Gasteiger charge is 2.32. The molecule has 2 N–H and O–H groups in total. The second kappa shape index (κ2) is 6.48. The minimum atomic E-state index is -1.07. The van der Waals surface area contributed by atoms with Gasteiger partial charge in [0.25, 0.3) is 5.91 Å². The molecule has 1 aliphatic heterocycles. The van der Waals surface area contributed by atoms with Gasteiger partial charge >= 0.3 is 5.97 Å². The molecule has 22 heavy (non-hydrogen) atoms. The van der Waals surface area contributed by atoms with Crippen LogP contribution >= 0.6 is 0 Å². The highest BCUT2D eigenvalue weighted by atomic mass is 16.5. The van der Waals surface area contributed by atoms with E-state index in [0.717, 1.165) is 6.42 Å². The van der Waals surface area contributed by atoms with Crippen LogP contribution in [0, 0.1) is 5.92 Å². The Morgan fingerprint density at radius 2 is 2.18 bits per heavy atom. The minimum Gasteiger partial charge on any atom is -0.480 e. The van der Waals surface area contributed by atoms with Crippen molar-refractivity contribution >= 4 is 11.9 Å². The quantitative estimate of drug-likeness (QED) is 0.875. The van der Waals surface area contributed by atoms with E-state index in [0.29, 0.717) is 25.4 Å². The first kappa shape index (κ1) is 16.5. The number of amides is 1. The van der Waals surface area contributed by atoms with Crippen LogP contribution in [0.4, 0.5) is 0 Å². The minimum absolute atomic E-state index is 0.0907. The molecule has 122 valence electrons. The zero-order valence-electron chi connectivity index (χ0n) is 13.1. The van der Waals surface area contributed by atoms with Crippen molar-refractivity contribution < 1.29 is 24.0 Å².